The van der Waals surface area contributed by atoms with Crippen LogP contribution in [0, 0.1) is 5.92 Å². The molecule has 4 heteroatoms. The van der Waals surface area contributed by atoms with Crippen LogP contribution in [0.1, 0.15) is 52.9 Å². The van der Waals surface area contributed by atoms with Crippen molar-refractivity contribution in [2.45, 2.75) is 70.6 Å². The minimum atomic E-state index is -0.0396. The van der Waals surface area contributed by atoms with Crippen LogP contribution in [0.3, 0.4) is 0 Å². The zero-order valence-electron chi connectivity index (χ0n) is 14.1. The predicted octanol–water partition coefficient (Wildman–Crippen LogP) is 2.02. The second-order valence-corrected chi connectivity index (χ2v) is 7.33. The van der Waals surface area contributed by atoms with Crippen molar-refractivity contribution in [1.29, 1.82) is 0 Å². The highest BCUT2D eigenvalue weighted by Crippen LogP contribution is 2.38. The van der Waals surface area contributed by atoms with E-state index in [1.54, 1.807) is 0 Å². The number of aliphatic hydroxyl groups excluding tert-OH is 1. The summed E-state index contributed by atoms with van der Waals surface area (Å²) >= 11 is 0. The van der Waals surface area contributed by atoms with E-state index in [9.17, 15) is 5.11 Å². The number of ether oxygens (including phenoxy) is 1. The molecule has 124 valence electrons. The molecule has 3 unspecified atom stereocenters. The van der Waals surface area contributed by atoms with Crippen LogP contribution in [-0.4, -0.2) is 60.5 Å². The molecule has 0 spiro atoms. The van der Waals surface area contributed by atoms with E-state index in [2.05, 4.69) is 31.0 Å². The molecule has 2 aliphatic rings. The Labute approximate surface area is 130 Å². The summed E-state index contributed by atoms with van der Waals surface area (Å²) < 4.78 is 5.73. The fourth-order valence-corrected chi connectivity index (χ4v) is 4.21. The first-order valence-electron chi connectivity index (χ1n) is 8.78. The van der Waals surface area contributed by atoms with E-state index in [0.717, 1.165) is 39.1 Å². The van der Waals surface area contributed by atoms with Crippen molar-refractivity contribution in [3.63, 3.8) is 0 Å². The largest absolute Gasteiger partial charge is 0.394 e. The third-order valence-corrected chi connectivity index (χ3v) is 5.15. The van der Waals surface area contributed by atoms with Gasteiger partial charge in [0.05, 0.1) is 12.7 Å². The number of nitrogens with zero attached hydrogens (tertiary/aromatic N) is 1. The minimum absolute atomic E-state index is 0.0396. The van der Waals surface area contributed by atoms with Crippen molar-refractivity contribution in [3.8, 4) is 0 Å². The van der Waals surface area contributed by atoms with E-state index < -0.39 is 0 Å². The third kappa shape index (κ3) is 4.65. The van der Waals surface area contributed by atoms with Gasteiger partial charge in [-0.25, -0.2) is 0 Å². The molecule has 2 N–H and O–H groups in total. The fraction of sp³-hybridized carbons (Fsp3) is 1.00. The van der Waals surface area contributed by atoms with Gasteiger partial charge in [-0.2, -0.15) is 0 Å². The highest BCUT2D eigenvalue weighted by molar-refractivity contribution is 5.00. The number of aliphatic hydroxyl groups is 1. The molecule has 0 bridgehead atoms. The predicted molar refractivity (Wildman–Crippen MR) is 86.5 cm³/mol. The molecular formula is C17H34N2O2. The Balaban J connectivity index is 1.88. The second-order valence-electron chi connectivity index (χ2n) is 7.33. The summed E-state index contributed by atoms with van der Waals surface area (Å²) in [5.41, 5.74) is -0.0396. The molecule has 2 rings (SSSR count). The van der Waals surface area contributed by atoms with Crippen LogP contribution in [0.2, 0.25) is 0 Å². The standard InChI is InChI=1S/C17H34N2O2/c1-14(2)18-17(13-20)8-4-6-16(17)7-10-19-9-5-11-21-15(3)12-19/h14-16,18,20H,4-13H2,1-3H3. The Bertz CT molecular complexity index is 311. The molecule has 0 radical (unpaired) electrons. The molecule has 0 aromatic carbocycles. The normalized spacial score (nSPS) is 35.3. The van der Waals surface area contributed by atoms with E-state index >= 15 is 0 Å². The number of nitrogens with one attached hydrogen (secondary N) is 1. The van der Waals surface area contributed by atoms with Gasteiger partial charge in [0, 0.05) is 31.3 Å². The van der Waals surface area contributed by atoms with Gasteiger partial charge in [-0.15, -0.1) is 0 Å². The van der Waals surface area contributed by atoms with Gasteiger partial charge < -0.3 is 20.1 Å². The topological polar surface area (TPSA) is 44.7 Å². The Kier molecular flexibility index (Phi) is 6.48. The Hall–Kier alpha value is -0.160. The number of hydrogen-bond acceptors (Lipinski definition) is 4. The van der Waals surface area contributed by atoms with Gasteiger partial charge in [0.1, 0.15) is 0 Å². The smallest absolute Gasteiger partial charge is 0.0673 e. The van der Waals surface area contributed by atoms with Crippen molar-refractivity contribution in [3.05, 3.63) is 0 Å². The first-order valence-corrected chi connectivity index (χ1v) is 8.78. The summed E-state index contributed by atoms with van der Waals surface area (Å²) in [6, 6.07) is 0.435. The van der Waals surface area contributed by atoms with E-state index in [1.807, 2.05) is 0 Å². The summed E-state index contributed by atoms with van der Waals surface area (Å²) in [4.78, 5) is 2.55. The Morgan fingerprint density at radius 3 is 2.90 bits per heavy atom. The Morgan fingerprint density at radius 1 is 1.38 bits per heavy atom. The van der Waals surface area contributed by atoms with E-state index in [1.165, 1.54) is 19.3 Å². The maximum absolute atomic E-state index is 9.96. The first-order chi connectivity index (χ1) is 10.1. The van der Waals surface area contributed by atoms with Gasteiger partial charge in [0.25, 0.3) is 0 Å². The SMILES string of the molecule is CC(C)NC1(CO)CCCC1CCN1CCCOC(C)C1. The monoisotopic (exact) mass is 298 g/mol. The lowest BCUT2D eigenvalue weighted by Gasteiger charge is -2.38. The van der Waals surface area contributed by atoms with Crippen LogP contribution in [0.25, 0.3) is 0 Å². The van der Waals surface area contributed by atoms with Gasteiger partial charge in [-0.05, 0) is 45.1 Å². The second kappa shape index (κ2) is 7.91. The fourth-order valence-electron chi connectivity index (χ4n) is 4.21. The molecule has 4 nitrogen and oxygen atoms in total. The zero-order chi connectivity index (χ0) is 15.3. The van der Waals surface area contributed by atoms with Crippen LogP contribution in [0.4, 0.5) is 0 Å². The molecule has 21 heavy (non-hydrogen) atoms. The van der Waals surface area contributed by atoms with Crippen molar-refractivity contribution in [2.24, 2.45) is 5.92 Å². The lowest BCUT2D eigenvalue weighted by molar-refractivity contribution is 0.0641. The molecule has 2 fully saturated rings. The van der Waals surface area contributed by atoms with Crippen molar-refractivity contribution >= 4 is 0 Å². The van der Waals surface area contributed by atoms with E-state index in [-0.39, 0.29) is 12.1 Å². The van der Waals surface area contributed by atoms with Crippen molar-refractivity contribution in [2.75, 3.05) is 32.8 Å². The van der Waals surface area contributed by atoms with Crippen molar-refractivity contribution < 1.29 is 9.84 Å². The molecular weight excluding hydrogens is 264 g/mol. The molecule has 1 saturated heterocycles. The van der Waals surface area contributed by atoms with E-state index in [0.29, 0.717) is 18.1 Å². The molecule has 1 aliphatic carbocycles. The van der Waals surface area contributed by atoms with Gasteiger partial charge in [0.15, 0.2) is 0 Å². The highest BCUT2D eigenvalue weighted by atomic mass is 16.5. The number of rotatable bonds is 6. The lowest BCUT2D eigenvalue weighted by Crippen LogP contribution is -2.54. The average Bonchev–Trinajstić information content (AvgIpc) is 2.70. The van der Waals surface area contributed by atoms with Gasteiger partial charge in [-0.1, -0.05) is 20.3 Å². The quantitative estimate of drug-likeness (QED) is 0.787. The zero-order valence-corrected chi connectivity index (χ0v) is 14.1. The molecule has 1 heterocycles. The van der Waals surface area contributed by atoms with Crippen LogP contribution >= 0.6 is 0 Å². The van der Waals surface area contributed by atoms with Crippen LogP contribution in [0.5, 0.6) is 0 Å². The summed E-state index contributed by atoms with van der Waals surface area (Å²) in [6.07, 6.45) is 6.29. The molecule has 3 atom stereocenters. The van der Waals surface area contributed by atoms with Gasteiger partial charge in [-0.3, -0.25) is 0 Å². The molecule has 0 amide bonds. The van der Waals surface area contributed by atoms with Crippen LogP contribution in [0.15, 0.2) is 0 Å². The van der Waals surface area contributed by atoms with Crippen LogP contribution in [-0.2, 0) is 4.74 Å². The maximum atomic E-state index is 9.96. The molecule has 0 aromatic heterocycles. The molecule has 1 aliphatic heterocycles. The van der Waals surface area contributed by atoms with E-state index in [4.69, 9.17) is 4.74 Å². The molecule has 1 saturated carbocycles. The highest BCUT2D eigenvalue weighted by Gasteiger charge is 2.42. The first kappa shape index (κ1) is 17.2. The summed E-state index contributed by atoms with van der Waals surface area (Å²) in [5.74, 6) is 0.601. The van der Waals surface area contributed by atoms with Crippen LogP contribution < -0.4 is 5.32 Å². The summed E-state index contributed by atoms with van der Waals surface area (Å²) in [5, 5.41) is 13.6. The average molecular weight is 298 g/mol. The summed E-state index contributed by atoms with van der Waals surface area (Å²) in [6.45, 7) is 11.1. The Morgan fingerprint density at radius 2 is 2.19 bits per heavy atom. The van der Waals surface area contributed by atoms with Gasteiger partial charge in [0.2, 0.25) is 0 Å². The number of hydrogen-bond donors (Lipinski definition) is 2. The minimum Gasteiger partial charge on any atom is -0.394 e. The maximum Gasteiger partial charge on any atom is 0.0673 e. The molecule has 0 aromatic rings. The van der Waals surface area contributed by atoms with Crippen molar-refractivity contribution in [1.82, 2.24) is 10.2 Å². The van der Waals surface area contributed by atoms with Gasteiger partial charge >= 0.3 is 0 Å². The third-order valence-electron chi connectivity index (χ3n) is 5.15. The lowest BCUT2D eigenvalue weighted by atomic mass is 9.84. The summed E-state index contributed by atoms with van der Waals surface area (Å²) in [7, 11) is 0.